The maximum Gasteiger partial charge on any atom is 0.228 e. The van der Waals surface area contributed by atoms with Gasteiger partial charge in [-0.3, -0.25) is 0 Å². The Balaban J connectivity index is 1.61. The van der Waals surface area contributed by atoms with Crippen LogP contribution in [0.25, 0.3) is 0 Å². The molecule has 0 aliphatic heterocycles. The highest BCUT2D eigenvalue weighted by Crippen LogP contribution is 2.49. The maximum atomic E-state index is 5.91. The van der Waals surface area contributed by atoms with Gasteiger partial charge in [-0.15, -0.1) is 0 Å². The van der Waals surface area contributed by atoms with Crippen molar-refractivity contribution in [2.45, 2.75) is 32.6 Å². The summed E-state index contributed by atoms with van der Waals surface area (Å²) in [5.74, 6) is 3.76. The lowest BCUT2D eigenvalue weighted by atomic mass is 9.98. The van der Waals surface area contributed by atoms with E-state index < -0.39 is 0 Å². The Morgan fingerprint density at radius 1 is 1.05 bits per heavy atom. The van der Waals surface area contributed by atoms with Gasteiger partial charge >= 0.3 is 0 Å². The second-order valence-electron chi connectivity index (χ2n) is 5.50. The van der Waals surface area contributed by atoms with E-state index in [1.807, 2.05) is 6.92 Å². The van der Waals surface area contributed by atoms with Crippen molar-refractivity contribution in [1.82, 2.24) is 15.0 Å². The third kappa shape index (κ3) is 3.47. The van der Waals surface area contributed by atoms with Crippen LogP contribution in [0.15, 0.2) is 0 Å². The van der Waals surface area contributed by atoms with Crippen LogP contribution < -0.4 is 10.6 Å². The van der Waals surface area contributed by atoms with Crippen LogP contribution in [0.3, 0.4) is 0 Å². The molecule has 3 rings (SSSR count). The van der Waals surface area contributed by atoms with Crippen LogP contribution in [-0.4, -0.2) is 28.0 Å². The summed E-state index contributed by atoms with van der Waals surface area (Å²) in [6.07, 6.45) is 5.57. The first-order valence-electron chi connectivity index (χ1n) is 7.15. The van der Waals surface area contributed by atoms with Crippen LogP contribution in [0.2, 0.25) is 5.28 Å². The molecule has 1 aromatic heterocycles. The lowest BCUT2D eigenvalue weighted by molar-refractivity contribution is 0.427. The van der Waals surface area contributed by atoms with Crippen molar-refractivity contribution in [3.63, 3.8) is 0 Å². The molecule has 19 heavy (non-hydrogen) atoms. The minimum absolute atomic E-state index is 0.239. The number of halogens is 1. The molecule has 0 radical (unpaired) electrons. The molecule has 1 aromatic rings. The molecule has 0 amide bonds. The lowest BCUT2D eigenvalue weighted by Crippen LogP contribution is -2.20. The molecule has 2 fully saturated rings. The summed E-state index contributed by atoms with van der Waals surface area (Å²) >= 11 is 5.91. The smallest absolute Gasteiger partial charge is 0.228 e. The molecule has 0 spiro atoms. The van der Waals surface area contributed by atoms with E-state index in [-0.39, 0.29) is 5.28 Å². The van der Waals surface area contributed by atoms with Gasteiger partial charge in [-0.25, -0.2) is 0 Å². The molecule has 2 aliphatic rings. The molecule has 6 heteroatoms. The zero-order chi connectivity index (χ0) is 13.2. The highest BCUT2D eigenvalue weighted by Gasteiger charge is 2.41. The Kier molecular flexibility index (Phi) is 3.73. The van der Waals surface area contributed by atoms with Gasteiger partial charge < -0.3 is 10.6 Å². The zero-order valence-corrected chi connectivity index (χ0v) is 12.0. The number of rotatable bonds is 7. The van der Waals surface area contributed by atoms with E-state index in [9.17, 15) is 0 Å². The van der Waals surface area contributed by atoms with Gasteiger partial charge in [0.05, 0.1) is 0 Å². The normalized spacial score (nSPS) is 18.7. The number of nitrogens with zero attached hydrogens (tertiary/aromatic N) is 3. The second kappa shape index (κ2) is 5.49. The Morgan fingerprint density at radius 2 is 1.63 bits per heavy atom. The van der Waals surface area contributed by atoms with E-state index >= 15 is 0 Å². The number of anilines is 2. The predicted octanol–water partition coefficient (Wildman–Crippen LogP) is 2.80. The fraction of sp³-hybridized carbons (Fsp3) is 0.769. The van der Waals surface area contributed by atoms with E-state index in [0.717, 1.165) is 30.8 Å². The molecule has 2 saturated carbocycles. The average Bonchev–Trinajstić information content (AvgIpc) is 3.24. The SMILES string of the molecule is CCNc1nc(Cl)nc(NCC(C2CC2)C2CC2)n1. The summed E-state index contributed by atoms with van der Waals surface area (Å²) in [7, 11) is 0. The summed E-state index contributed by atoms with van der Waals surface area (Å²) in [5, 5.41) is 6.64. The average molecular weight is 282 g/mol. The van der Waals surface area contributed by atoms with Gasteiger partial charge in [0.15, 0.2) is 0 Å². The number of hydrogen-bond acceptors (Lipinski definition) is 5. The predicted molar refractivity (Wildman–Crippen MR) is 76.4 cm³/mol. The third-order valence-corrected chi connectivity index (χ3v) is 4.06. The standard InChI is InChI=1S/C13H20ClN5/c1-2-15-12-17-11(14)18-13(19-12)16-7-10(8-3-4-8)9-5-6-9/h8-10H,2-7H2,1H3,(H2,15,16,17,18,19). The summed E-state index contributed by atoms with van der Waals surface area (Å²) in [6.45, 7) is 3.73. The monoisotopic (exact) mass is 281 g/mol. The largest absolute Gasteiger partial charge is 0.354 e. The topological polar surface area (TPSA) is 62.7 Å². The first-order chi connectivity index (χ1) is 9.26. The van der Waals surface area contributed by atoms with Crippen LogP contribution in [0, 0.1) is 17.8 Å². The van der Waals surface area contributed by atoms with Gasteiger partial charge in [0, 0.05) is 13.1 Å². The fourth-order valence-electron chi connectivity index (χ4n) is 2.64. The summed E-state index contributed by atoms with van der Waals surface area (Å²) in [6, 6.07) is 0. The van der Waals surface area contributed by atoms with Crippen molar-refractivity contribution in [2.24, 2.45) is 17.8 Å². The van der Waals surface area contributed by atoms with Crippen molar-refractivity contribution >= 4 is 23.5 Å². The van der Waals surface area contributed by atoms with Crippen molar-refractivity contribution in [3.8, 4) is 0 Å². The molecule has 2 aliphatic carbocycles. The molecule has 1 heterocycles. The number of nitrogens with one attached hydrogen (secondary N) is 2. The van der Waals surface area contributed by atoms with E-state index in [1.54, 1.807) is 0 Å². The Labute approximate surface area is 118 Å². The molecule has 0 bridgehead atoms. The van der Waals surface area contributed by atoms with Crippen LogP contribution in [0.4, 0.5) is 11.9 Å². The summed E-state index contributed by atoms with van der Waals surface area (Å²) in [4.78, 5) is 12.5. The van der Waals surface area contributed by atoms with Crippen molar-refractivity contribution < 1.29 is 0 Å². The lowest BCUT2D eigenvalue weighted by Gasteiger charge is -2.16. The zero-order valence-electron chi connectivity index (χ0n) is 11.2. The van der Waals surface area contributed by atoms with Gasteiger partial charge in [0.1, 0.15) is 0 Å². The van der Waals surface area contributed by atoms with Gasteiger partial charge in [0.2, 0.25) is 17.2 Å². The minimum Gasteiger partial charge on any atom is -0.354 e. The van der Waals surface area contributed by atoms with Crippen molar-refractivity contribution in [2.75, 3.05) is 23.7 Å². The number of aromatic nitrogens is 3. The first-order valence-corrected chi connectivity index (χ1v) is 7.53. The quantitative estimate of drug-likeness (QED) is 0.805. The first kappa shape index (κ1) is 12.9. The van der Waals surface area contributed by atoms with Crippen LogP contribution >= 0.6 is 11.6 Å². The molecule has 0 atom stereocenters. The summed E-state index contributed by atoms with van der Waals surface area (Å²) in [5.41, 5.74) is 0. The molecule has 0 unspecified atom stereocenters. The number of hydrogen-bond donors (Lipinski definition) is 2. The fourth-order valence-corrected chi connectivity index (χ4v) is 2.80. The molecular weight excluding hydrogens is 262 g/mol. The van der Waals surface area contributed by atoms with Crippen LogP contribution in [-0.2, 0) is 0 Å². The molecular formula is C13H20ClN5. The highest BCUT2D eigenvalue weighted by atomic mass is 35.5. The maximum absolute atomic E-state index is 5.91. The summed E-state index contributed by atoms with van der Waals surface area (Å²) < 4.78 is 0. The van der Waals surface area contributed by atoms with E-state index in [0.29, 0.717) is 11.9 Å². The molecule has 0 saturated heterocycles. The Bertz CT molecular complexity index is 433. The van der Waals surface area contributed by atoms with Gasteiger partial charge in [-0.2, -0.15) is 15.0 Å². The van der Waals surface area contributed by atoms with Crippen LogP contribution in [0.5, 0.6) is 0 Å². The van der Waals surface area contributed by atoms with Crippen LogP contribution in [0.1, 0.15) is 32.6 Å². The molecule has 0 aromatic carbocycles. The second-order valence-corrected chi connectivity index (χ2v) is 5.84. The van der Waals surface area contributed by atoms with Gasteiger partial charge in [-0.05, 0) is 62.0 Å². The Hall–Kier alpha value is -1.10. The molecule has 104 valence electrons. The Morgan fingerprint density at radius 3 is 2.16 bits per heavy atom. The van der Waals surface area contributed by atoms with Crippen molar-refractivity contribution in [3.05, 3.63) is 5.28 Å². The van der Waals surface area contributed by atoms with Gasteiger partial charge in [-0.1, -0.05) is 0 Å². The van der Waals surface area contributed by atoms with E-state index in [2.05, 4.69) is 25.6 Å². The van der Waals surface area contributed by atoms with Gasteiger partial charge in [0.25, 0.3) is 0 Å². The van der Waals surface area contributed by atoms with E-state index in [1.165, 1.54) is 25.7 Å². The van der Waals surface area contributed by atoms with Crippen molar-refractivity contribution in [1.29, 1.82) is 0 Å². The molecule has 5 nitrogen and oxygen atoms in total. The minimum atomic E-state index is 0.239. The van der Waals surface area contributed by atoms with E-state index in [4.69, 9.17) is 11.6 Å². The third-order valence-electron chi connectivity index (χ3n) is 3.89. The molecule has 2 N–H and O–H groups in total. The highest BCUT2D eigenvalue weighted by molar-refractivity contribution is 6.28.